The minimum Gasteiger partial charge on any atom is -0.350 e. The zero-order chi connectivity index (χ0) is 10.4. The van der Waals surface area contributed by atoms with Crippen LogP contribution in [0.15, 0.2) is 16.9 Å². The number of hydrogen-bond acceptors (Lipinski definition) is 4. The van der Waals surface area contributed by atoms with Crippen molar-refractivity contribution in [3.05, 3.63) is 16.9 Å². The molecule has 1 atom stereocenters. The van der Waals surface area contributed by atoms with Gasteiger partial charge in [0.1, 0.15) is 0 Å². The lowest BCUT2D eigenvalue weighted by atomic mass is 10.2. The molecule has 1 heterocycles. The van der Waals surface area contributed by atoms with Crippen LogP contribution in [0.3, 0.4) is 0 Å². The standard InChI is InChI=1S/C9H15BrN4/c1-2-3-8(4-11)14-9-12-5-7(10)6-13-9/h5-6,8H,2-4,11H2,1H3,(H,12,13,14). The maximum Gasteiger partial charge on any atom is 0.222 e. The Labute approximate surface area is 92.5 Å². The zero-order valence-electron chi connectivity index (χ0n) is 8.20. The highest BCUT2D eigenvalue weighted by Crippen LogP contribution is 2.08. The van der Waals surface area contributed by atoms with Gasteiger partial charge >= 0.3 is 0 Å². The molecular weight excluding hydrogens is 244 g/mol. The van der Waals surface area contributed by atoms with Gasteiger partial charge in [-0.1, -0.05) is 13.3 Å². The van der Waals surface area contributed by atoms with E-state index in [1.54, 1.807) is 12.4 Å². The van der Waals surface area contributed by atoms with E-state index in [9.17, 15) is 0 Å². The summed E-state index contributed by atoms with van der Waals surface area (Å²) < 4.78 is 0.878. The molecule has 0 spiro atoms. The number of anilines is 1. The fourth-order valence-electron chi connectivity index (χ4n) is 1.17. The second-order valence-electron chi connectivity index (χ2n) is 3.09. The summed E-state index contributed by atoms with van der Waals surface area (Å²) in [7, 11) is 0. The smallest absolute Gasteiger partial charge is 0.222 e. The highest BCUT2D eigenvalue weighted by atomic mass is 79.9. The average molecular weight is 259 g/mol. The molecule has 4 nitrogen and oxygen atoms in total. The van der Waals surface area contributed by atoms with Crippen LogP contribution in [-0.2, 0) is 0 Å². The van der Waals surface area contributed by atoms with Gasteiger partial charge in [0.15, 0.2) is 0 Å². The lowest BCUT2D eigenvalue weighted by Gasteiger charge is -2.15. The highest BCUT2D eigenvalue weighted by molar-refractivity contribution is 9.10. The zero-order valence-corrected chi connectivity index (χ0v) is 9.79. The lowest BCUT2D eigenvalue weighted by Crippen LogP contribution is -2.29. The summed E-state index contributed by atoms with van der Waals surface area (Å²) in [5, 5.41) is 3.19. The van der Waals surface area contributed by atoms with Crippen molar-refractivity contribution in [2.75, 3.05) is 11.9 Å². The predicted octanol–water partition coefficient (Wildman–Crippen LogP) is 1.78. The lowest BCUT2D eigenvalue weighted by molar-refractivity contribution is 0.642. The fraction of sp³-hybridized carbons (Fsp3) is 0.556. The van der Waals surface area contributed by atoms with Crippen LogP contribution in [0.25, 0.3) is 0 Å². The Balaban J connectivity index is 2.53. The third-order valence-corrected chi connectivity index (χ3v) is 2.28. The van der Waals surface area contributed by atoms with Crippen LogP contribution in [0.5, 0.6) is 0 Å². The minimum absolute atomic E-state index is 0.265. The van der Waals surface area contributed by atoms with Gasteiger partial charge in [-0.2, -0.15) is 0 Å². The summed E-state index contributed by atoms with van der Waals surface area (Å²) >= 11 is 3.28. The summed E-state index contributed by atoms with van der Waals surface area (Å²) in [5.74, 6) is 0.636. The van der Waals surface area contributed by atoms with Crippen molar-refractivity contribution in [2.24, 2.45) is 5.73 Å². The molecule has 0 amide bonds. The first kappa shape index (κ1) is 11.4. The number of nitrogens with two attached hydrogens (primary N) is 1. The minimum atomic E-state index is 0.265. The van der Waals surface area contributed by atoms with Crippen molar-refractivity contribution in [3.63, 3.8) is 0 Å². The molecule has 0 aliphatic rings. The molecule has 1 unspecified atom stereocenters. The molecule has 0 fully saturated rings. The van der Waals surface area contributed by atoms with Crippen LogP contribution >= 0.6 is 15.9 Å². The van der Waals surface area contributed by atoms with Crippen LogP contribution in [0.4, 0.5) is 5.95 Å². The first-order chi connectivity index (χ1) is 6.76. The van der Waals surface area contributed by atoms with E-state index in [4.69, 9.17) is 5.73 Å². The van der Waals surface area contributed by atoms with Crippen LogP contribution < -0.4 is 11.1 Å². The number of nitrogens with zero attached hydrogens (tertiary/aromatic N) is 2. The molecular formula is C9H15BrN4. The number of aromatic nitrogens is 2. The molecule has 0 aliphatic heterocycles. The second kappa shape index (κ2) is 5.93. The monoisotopic (exact) mass is 258 g/mol. The molecule has 0 saturated carbocycles. The molecule has 0 saturated heterocycles. The maximum absolute atomic E-state index is 5.61. The van der Waals surface area contributed by atoms with Gasteiger partial charge in [-0.3, -0.25) is 0 Å². The molecule has 0 aliphatic carbocycles. The first-order valence-electron chi connectivity index (χ1n) is 4.70. The van der Waals surface area contributed by atoms with Gasteiger partial charge in [0.25, 0.3) is 0 Å². The number of nitrogens with one attached hydrogen (secondary N) is 1. The van der Waals surface area contributed by atoms with E-state index < -0.39 is 0 Å². The van der Waals surface area contributed by atoms with Gasteiger partial charge in [-0.05, 0) is 22.4 Å². The average Bonchev–Trinajstić information content (AvgIpc) is 2.20. The van der Waals surface area contributed by atoms with Crippen molar-refractivity contribution >= 4 is 21.9 Å². The Hall–Kier alpha value is -0.680. The Morgan fingerprint density at radius 2 is 2.14 bits per heavy atom. The third-order valence-electron chi connectivity index (χ3n) is 1.88. The maximum atomic E-state index is 5.61. The van der Waals surface area contributed by atoms with E-state index in [2.05, 4.69) is 38.1 Å². The fourth-order valence-corrected chi connectivity index (χ4v) is 1.37. The molecule has 1 aromatic rings. The number of halogens is 1. The van der Waals surface area contributed by atoms with E-state index in [-0.39, 0.29) is 6.04 Å². The predicted molar refractivity (Wildman–Crippen MR) is 61.1 cm³/mol. The van der Waals surface area contributed by atoms with Crippen LogP contribution in [0, 0.1) is 0 Å². The molecule has 0 aromatic carbocycles. The molecule has 1 rings (SSSR count). The van der Waals surface area contributed by atoms with Gasteiger partial charge in [-0.15, -0.1) is 0 Å². The van der Waals surface area contributed by atoms with E-state index in [0.717, 1.165) is 17.3 Å². The third kappa shape index (κ3) is 3.59. The summed E-state index contributed by atoms with van der Waals surface area (Å²) in [4.78, 5) is 8.25. The Bertz CT molecular complexity index is 262. The van der Waals surface area contributed by atoms with Crippen LogP contribution in [0.2, 0.25) is 0 Å². The van der Waals surface area contributed by atoms with Gasteiger partial charge in [-0.25, -0.2) is 9.97 Å². The summed E-state index contributed by atoms with van der Waals surface area (Å²) in [6.07, 6.45) is 5.57. The Kier molecular flexibility index (Phi) is 4.82. The quantitative estimate of drug-likeness (QED) is 0.846. The molecule has 3 N–H and O–H groups in total. The van der Waals surface area contributed by atoms with Crippen molar-refractivity contribution in [2.45, 2.75) is 25.8 Å². The van der Waals surface area contributed by atoms with Crippen LogP contribution in [0.1, 0.15) is 19.8 Å². The topological polar surface area (TPSA) is 63.8 Å². The van der Waals surface area contributed by atoms with E-state index in [0.29, 0.717) is 12.5 Å². The second-order valence-corrected chi connectivity index (χ2v) is 4.01. The number of hydrogen-bond donors (Lipinski definition) is 2. The van der Waals surface area contributed by atoms with Crippen LogP contribution in [-0.4, -0.2) is 22.6 Å². The van der Waals surface area contributed by atoms with Gasteiger partial charge in [0, 0.05) is 25.0 Å². The first-order valence-corrected chi connectivity index (χ1v) is 5.49. The molecule has 0 bridgehead atoms. The van der Waals surface area contributed by atoms with Crippen molar-refractivity contribution in [1.82, 2.24) is 9.97 Å². The molecule has 5 heteroatoms. The normalized spacial score (nSPS) is 12.5. The Morgan fingerprint density at radius 1 is 1.50 bits per heavy atom. The van der Waals surface area contributed by atoms with E-state index >= 15 is 0 Å². The summed E-state index contributed by atoms with van der Waals surface area (Å²) in [6, 6.07) is 0.265. The van der Waals surface area contributed by atoms with Gasteiger partial charge in [0.05, 0.1) is 4.47 Å². The van der Waals surface area contributed by atoms with Crippen molar-refractivity contribution < 1.29 is 0 Å². The van der Waals surface area contributed by atoms with Crippen molar-refractivity contribution in [3.8, 4) is 0 Å². The van der Waals surface area contributed by atoms with Crippen molar-refractivity contribution in [1.29, 1.82) is 0 Å². The van der Waals surface area contributed by atoms with Gasteiger partial charge < -0.3 is 11.1 Å². The molecule has 1 aromatic heterocycles. The SMILES string of the molecule is CCCC(CN)Nc1ncc(Br)cn1. The largest absolute Gasteiger partial charge is 0.350 e. The molecule has 14 heavy (non-hydrogen) atoms. The summed E-state index contributed by atoms with van der Waals surface area (Å²) in [5.41, 5.74) is 5.61. The Morgan fingerprint density at radius 3 is 2.64 bits per heavy atom. The highest BCUT2D eigenvalue weighted by Gasteiger charge is 2.05. The number of rotatable bonds is 5. The molecule has 0 radical (unpaired) electrons. The van der Waals surface area contributed by atoms with E-state index in [1.165, 1.54) is 0 Å². The summed E-state index contributed by atoms with van der Waals surface area (Å²) in [6.45, 7) is 2.74. The molecule has 78 valence electrons. The van der Waals surface area contributed by atoms with Gasteiger partial charge in [0.2, 0.25) is 5.95 Å². The van der Waals surface area contributed by atoms with E-state index in [1.807, 2.05) is 0 Å².